The normalized spacial score (nSPS) is 18.8. The molecular formula is C17H19N3O. The molecule has 1 aliphatic heterocycles. The van der Waals surface area contributed by atoms with Crippen molar-refractivity contribution in [2.75, 3.05) is 20.1 Å². The van der Waals surface area contributed by atoms with Crippen molar-refractivity contribution in [3.8, 4) is 11.1 Å². The summed E-state index contributed by atoms with van der Waals surface area (Å²) in [5, 5.41) is 3.32. The number of nitrogens with one attached hydrogen (secondary N) is 1. The molecule has 2 aromatic rings. The number of pyridine rings is 1. The second-order valence-electron chi connectivity index (χ2n) is 5.36. The van der Waals surface area contributed by atoms with Gasteiger partial charge in [-0.2, -0.15) is 0 Å². The molecule has 1 aromatic heterocycles. The largest absolute Gasteiger partial charge is 0.343 e. The number of hydrogen-bond acceptors (Lipinski definition) is 3. The molecule has 1 saturated heterocycles. The van der Waals surface area contributed by atoms with Crippen LogP contribution in [0, 0.1) is 0 Å². The number of benzene rings is 1. The molecule has 4 heteroatoms. The third-order valence-corrected chi connectivity index (χ3v) is 3.94. The summed E-state index contributed by atoms with van der Waals surface area (Å²) < 4.78 is 0. The number of likely N-dealkylation sites (N-methyl/N-ethyl adjacent to an activating group) is 1. The van der Waals surface area contributed by atoms with Crippen LogP contribution in [0.4, 0.5) is 0 Å². The van der Waals surface area contributed by atoms with Gasteiger partial charge >= 0.3 is 0 Å². The third kappa shape index (κ3) is 2.95. The minimum atomic E-state index is -0.133. The lowest BCUT2D eigenvalue weighted by Gasteiger charge is -2.30. The number of hydrogen-bond donors (Lipinski definition) is 1. The zero-order chi connectivity index (χ0) is 14.7. The predicted octanol–water partition coefficient (Wildman–Crippen LogP) is 1.72. The zero-order valence-corrected chi connectivity index (χ0v) is 12.1. The van der Waals surface area contributed by atoms with Crippen LogP contribution in [0.15, 0.2) is 48.8 Å². The van der Waals surface area contributed by atoms with Gasteiger partial charge in [0.1, 0.15) is 0 Å². The maximum Gasteiger partial charge on any atom is 0.239 e. The van der Waals surface area contributed by atoms with Crippen molar-refractivity contribution in [1.82, 2.24) is 15.2 Å². The van der Waals surface area contributed by atoms with Gasteiger partial charge in [-0.15, -0.1) is 0 Å². The fourth-order valence-electron chi connectivity index (χ4n) is 2.76. The van der Waals surface area contributed by atoms with Crippen molar-refractivity contribution in [3.05, 3.63) is 54.4 Å². The minimum Gasteiger partial charge on any atom is -0.343 e. The Labute approximate surface area is 124 Å². The molecule has 2 heterocycles. The van der Waals surface area contributed by atoms with Crippen LogP contribution in [0.3, 0.4) is 0 Å². The fourth-order valence-corrected chi connectivity index (χ4v) is 2.76. The Morgan fingerprint density at radius 2 is 2.00 bits per heavy atom. The Morgan fingerprint density at radius 1 is 1.24 bits per heavy atom. The maximum atomic E-state index is 12.2. The summed E-state index contributed by atoms with van der Waals surface area (Å²) in [5.41, 5.74) is 3.49. The smallest absolute Gasteiger partial charge is 0.239 e. The van der Waals surface area contributed by atoms with Gasteiger partial charge in [0.05, 0.1) is 6.04 Å². The highest BCUT2D eigenvalue weighted by Crippen LogP contribution is 2.24. The van der Waals surface area contributed by atoms with Crippen LogP contribution in [0.1, 0.15) is 5.56 Å². The Kier molecular flexibility index (Phi) is 3.97. The van der Waals surface area contributed by atoms with E-state index >= 15 is 0 Å². The standard InChI is InChI=1S/C17H19N3O/c1-20-11-10-19-16(17(20)21)12-14-4-2-3-5-15(14)13-6-8-18-9-7-13/h2-9,16,19H,10-12H2,1H3/t16-/m0/s1. The van der Waals surface area contributed by atoms with Crippen molar-refractivity contribution in [2.45, 2.75) is 12.5 Å². The molecule has 1 amide bonds. The molecule has 0 radical (unpaired) electrons. The van der Waals surface area contributed by atoms with Gasteiger partial charge in [-0.05, 0) is 35.2 Å². The van der Waals surface area contributed by atoms with E-state index in [-0.39, 0.29) is 11.9 Å². The highest BCUT2D eigenvalue weighted by molar-refractivity contribution is 5.83. The van der Waals surface area contributed by atoms with E-state index in [4.69, 9.17) is 0 Å². The first-order chi connectivity index (χ1) is 10.3. The number of piperazine rings is 1. The highest BCUT2D eigenvalue weighted by atomic mass is 16.2. The van der Waals surface area contributed by atoms with Crippen molar-refractivity contribution < 1.29 is 4.79 Å². The number of carbonyl (C=O) groups is 1. The first kappa shape index (κ1) is 13.8. The average Bonchev–Trinajstić information content (AvgIpc) is 2.53. The van der Waals surface area contributed by atoms with Crippen LogP contribution in [-0.4, -0.2) is 42.0 Å². The van der Waals surface area contributed by atoms with Crippen LogP contribution in [0.5, 0.6) is 0 Å². The summed E-state index contributed by atoms with van der Waals surface area (Å²) in [6, 6.07) is 12.1. The number of rotatable bonds is 3. The molecular weight excluding hydrogens is 262 g/mol. The molecule has 0 saturated carbocycles. The second-order valence-corrected chi connectivity index (χ2v) is 5.36. The van der Waals surface area contributed by atoms with Crippen LogP contribution >= 0.6 is 0 Å². The molecule has 108 valence electrons. The molecule has 0 spiro atoms. The highest BCUT2D eigenvalue weighted by Gasteiger charge is 2.26. The topological polar surface area (TPSA) is 45.2 Å². The Bertz CT molecular complexity index is 627. The van der Waals surface area contributed by atoms with Gasteiger partial charge in [0, 0.05) is 32.5 Å². The fraction of sp³-hybridized carbons (Fsp3) is 0.294. The van der Waals surface area contributed by atoms with Crippen molar-refractivity contribution in [3.63, 3.8) is 0 Å². The SMILES string of the molecule is CN1CCN[C@@H](Cc2ccccc2-c2ccncc2)C1=O. The number of amides is 1. The second kappa shape index (κ2) is 6.06. The lowest BCUT2D eigenvalue weighted by atomic mass is 9.94. The lowest BCUT2D eigenvalue weighted by molar-refractivity contribution is -0.134. The summed E-state index contributed by atoms with van der Waals surface area (Å²) in [6.45, 7) is 1.63. The first-order valence-corrected chi connectivity index (χ1v) is 7.22. The number of carbonyl (C=O) groups excluding carboxylic acids is 1. The molecule has 1 aromatic carbocycles. The summed E-state index contributed by atoms with van der Waals surface area (Å²) in [4.78, 5) is 18.1. The summed E-state index contributed by atoms with van der Waals surface area (Å²) in [7, 11) is 1.87. The Balaban J connectivity index is 1.88. The minimum absolute atomic E-state index is 0.133. The molecule has 0 bridgehead atoms. The van der Waals surface area contributed by atoms with Gasteiger partial charge in [-0.1, -0.05) is 24.3 Å². The first-order valence-electron chi connectivity index (χ1n) is 7.22. The monoisotopic (exact) mass is 281 g/mol. The van der Waals surface area contributed by atoms with Crippen LogP contribution < -0.4 is 5.32 Å². The van der Waals surface area contributed by atoms with Gasteiger partial charge in [-0.25, -0.2) is 0 Å². The van der Waals surface area contributed by atoms with Gasteiger partial charge in [0.25, 0.3) is 0 Å². The third-order valence-electron chi connectivity index (χ3n) is 3.94. The Morgan fingerprint density at radius 3 is 2.81 bits per heavy atom. The number of nitrogens with zero attached hydrogens (tertiary/aromatic N) is 2. The number of aromatic nitrogens is 1. The molecule has 21 heavy (non-hydrogen) atoms. The molecule has 1 atom stereocenters. The average molecular weight is 281 g/mol. The summed E-state index contributed by atoms with van der Waals surface area (Å²) >= 11 is 0. The van der Waals surface area contributed by atoms with E-state index in [1.54, 1.807) is 17.3 Å². The quantitative estimate of drug-likeness (QED) is 0.932. The maximum absolute atomic E-state index is 12.2. The molecule has 0 aliphatic carbocycles. The van der Waals surface area contributed by atoms with E-state index in [0.29, 0.717) is 6.42 Å². The predicted molar refractivity (Wildman–Crippen MR) is 82.8 cm³/mol. The molecule has 1 fully saturated rings. The molecule has 1 N–H and O–H groups in total. The summed E-state index contributed by atoms with van der Waals surface area (Å²) in [6.07, 6.45) is 4.30. The molecule has 3 rings (SSSR count). The van der Waals surface area contributed by atoms with Gasteiger partial charge in [0.2, 0.25) is 5.91 Å². The van der Waals surface area contributed by atoms with Gasteiger partial charge in [-0.3, -0.25) is 9.78 Å². The van der Waals surface area contributed by atoms with Gasteiger partial charge < -0.3 is 10.2 Å². The van der Waals surface area contributed by atoms with E-state index in [1.807, 2.05) is 31.3 Å². The lowest BCUT2D eigenvalue weighted by Crippen LogP contribution is -2.54. The van der Waals surface area contributed by atoms with E-state index in [9.17, 15) is 4.79 Å². The van der Waals surface area contributed by atoms with Crippen LogP contribution in [0.25, 0.3) is 11.1 Å². The molecule has 0 unspecified atom stereocenters. The van der Waals surface area contributed by atoms with Gasteiger partial charge in [0.15, 0.2) is 0 Å². The molecule has 4 nitrogen and oxygen atoms in total. The van der Waals surface area contributed by atoms with Crippen molar-refractivity contribution in [1.29, 1.82) is 0 Å². The van der Waals surface area contributed by atoms with Crippen LogP contribution in [-0.2, 0) is 11.2 Å². The zero-order valence-electron chi connectivity index (χ0n) is 12.1. The van der Waals surface area contributed by atoms with E-state index < -0.39 is 0 Å². The van der Waals surface area contributed by atoms with Crippen molar-refractivity contribution >= 4 is 5.91 Å². The van der Waals surface area contributed by atoms with Crippen molar-refractivity contribution in [2.24, 2.45) is 0 Å². The summed E-state index contributed by atoms with van der Waals surface area (Å²) in [5.74, 6) is 0.172. The van der Waals surface area contributed by atoms with E-state index in [2.05, 4.69) is 22.4 Å². The van der Waals surface area contributed by atoms with Crippen LogP contribution in [0.2, 0.25) is 0 Å². The van der Waals surface area contributed by atoms with E-state index in [1.165, 1.54) is 11.1 Å². The van der Waals surface area contributed by atoms with E-state index in [0.717, 1.165) is 18.7 Å². The Hall–Kier alpha value is -2.20. The molecule has 1 aliphatic rings.